The van der Waals surface area contributed by atoms with Gasteiger partial charge in [-0.25, -0.2) is 0 Å². The van der Waals surface area contributed by atoms with E-state index < -0.39 is 0 Å². The molecule has 1 unspecified atom stereocenters. The van der Waals surface area contributed by atoms with Crippen LogP contribution in [0.5, 0.6) is 0 Å². The Morgan fingerprint density at radius 2 is 1.96 bits per heavy atom. The lowest BCUT2D eigenvalue weighted by Crippen LogP contribution is -2.34. The van der Waals surface area contributed by atoms with Crippen molar-refractivity contribution in [2.24, 2.45) is 16.6 Å². The Kier molecular flexibility index (Phi) is 6.32. The van der Waals surface area contributed by atoms with Crippen molar-refractivity contribution in [1.29, 1.82) is 0 Å². The van der Waals surface area contributed by atoms with Gasteiger partial charge in [0.1, 0.15) is 0 Å². The molecule has 1 fully saturated rings. The molecule has 27 heavy (non-hydrogen) atoms. The predicted molar refractivity (Wildman–Crippen MR) is 108 cm³/mol. The summed E-state index contributed by atoms with van der Waals surface area (Å²) in [6.07, 6.45) is 1.68. The first-order chi connectivity index (χ1) is 12.2. The van der Waals surface area contributed by atoms with Crippen molar-refractivity contribution in [2.45, 2.75) is 40.5 Å². The molecule has 2 N–H and O–H groups in total. The van der Waals surface area contributed by atoms with Crippen molar-refractivity contribution in [3.63, 3.8) is 0 Å². The second kappa shape index (κ2) is 7.98. The fourth-order valence-electron chi connectivity index (χ4n) is 3.21. The minimum Gasteiger partial charge on any atom is -0.339 e. The van der Waals surface area contributed by atoms with Crippen molar-refractivity contribution in [3.05, 3.63) is 35.7 Å². The van der Waals surface area contributed by atoms with Crippen molar-refractivity contribution >= 4 is 18.3 Å². The van der Waals surface area contributed by atoms with Gasteiger partial charge in [0, 0.05) is 30.6 Å². The number of hydrogen-bond donors (Lipinski definition) is 1. The van der Waals surface area contributed by atoms with Crippen LogP contribution in [0, 0.1) is 10.8 Å². The van der Waals surface area contributed by atoms with Crippen molar-refractivity contribution in [1.82, 2.24) is 15.0 Å². The molecule has 2 aromatic rings. The normalized spacial score (nSPS) is 19.8. The van der Waals surface area contributed by atoms with Gasteiger partial charge in [0.25, 0.3) is 5.91 Å². The molecule has 148 valence electrons. The summed E-state index contributed by atoms with van der Waals surface area (Å²) in [5, 5.41) is 4.06. The third-order valence-electron chi connectivity index (χ3n) is 4.88. The molecule has 1 atom stereocenters. The topological polar surface area (TPSA) is 85.2 Å². The van der Waals surface area contributed by atoms with E-state index in [2.05, 4.69) is 37.8 Å². The van der Waals surface area contributed by atoms with Crippen LogP contribution in [-0.4, -0.2) is 40.6 Å². The molecule has 1 aliphatic rings. The molecule has 1 amide bonds. The maximum Gasteiger partial charge on any atom is 0.253 e. The number of nitrogens with two attached hydrogens (primary N) is 1. The van der Waals surface area contributed by atoms with Gasteiger partial charge in [-0.05, 0) is 35.9 Å². The van der Waals surface area contributed by atoms with Crippen LogP contribution in [0.3, 0.4) is 0 Å². The Balaban J connectivity index is 0.00000261. The molecule has 0 bridgehead atoms. The number of rotatable bonds is 4. The van der Waals surface area contributed by atoms with E-state index in [-0.39, 0.29) is 29.1 Å². The van der Waals surface area contributed by atoms with Crippen LogP contribution in [0.4, 0.5) is 0 Å². The number of halogens is 1. The molecule has 0 saturated carbocycles. The highest BCUT2D eigenvalue weighted by molar-refractivity contribution is 5.94. The van der Waals surface area contributed by atoms with Crippen LogP contribution >= 0.6 is 12.4 Å². The number of carbonyl (C=O) groups is 1. The van der Waals surface area contributed by atoms with Crippen molar-refractivity contribution in [2.75, 3.05) is 19.6 Å². The van der Waals surface area contributed by atoms with Crippen molar-refractivity contribution in [3.8, 4) is 11.4 Å². The van der Waals surface area contributed by atoms with E-state index in [1.165, 1.54) is 0 Å². The molecule has 0 spiro atoms. The first kappa shape index (κ1) is 21.4. The van der Waals surface area contributed by atoms with Gasteiger partial charge in [-0.15, -0.1) is 12.4 Å². The number of benzene rings is 1. The lowest BCUT2D eigenvalue weighted by molar-refractivity contribution is 0.0777. The maximum absolute atomic E-state index is 12.7. The summed E-state index contributed by atoms with van der Waals surface area (Å²) in [7, 11) is 0. The van der Waals surface area contributed by atoms with Gasteiger partial charge in [0.15, 0.2) is 0 Å². The monoisotopic (exact) mass is 392 g/mol. The van der Waals surface area contributed by atoms with E-state index >= 15 is 0 Å². The van der Waals surface area contributed by atoms with E-state index in [1.54, 1.807) is 0 Å². The number of likely N-dealkylation sites (tertiary alicyclic amines) is 1. The largest absolute Gasteiger partial charge is 0.339 e. The number of amides is 1. The molecule has 0 radical (unpaired) electrons. The molecule has 1 aromatic heterocycles. The van der Waals surface area contributed by atoms with E-state index in [9.17, 15) is 4.79 Å². The van der Waals surface area contributed by atoms with E-state index in [1.807, 2.05) is 29.2 Å². The molecule has 3 rings (SSSR count). The van der Waals surface area contributed by atoms with Crippen LogP contribution in [0.1, 0.15) is 50.4 Å². The molecule has 2 heterocycles. The van der Waals surface area contributed by atoms with Gasteiger partial charge in [-0.3, -0.25) is 4.79 Å². The van der Waals surface area contributed by atoms with Gasteiger partial charge < -0.3 is 15.2 Å². The number of carbonyl (C=O) groups excluding carboxylic acids is 1. The molecule has 1 saturated heterocycles. The van der Waals surface area contributed by atoms with Gasteiger partial charge >= 0.3 is 0 Å². The summed E-state index contributed by atoms with van der Waals surface area (Å²) < 4.78 is 5.34. The second-order valence-electron chi connectivity index (χ2n) is 8.82. The standard InChI is InChI=1S/C20H28N4O2.ClH/c1-19(2,3)11-16-22-17(23-26-16)14-5-7-15(8-6-14)18(25)24-10-9-20(4,12-21)13-24;/h5-8H,9-13,21H2,1-4H3;1H. The average molecular weight is 393 g/mol. The summed E-state index contributed by atoms with van der Waals surface area (Å²) in [6, 6.07) is 7.40. The molecule has 0 aliphatic carbocycles. The Bertz CT molecular complexity index is 782. The Labute approximate surface area is 166 Å². The van der Waals surface area contributed by atoms with Crippen LogP contribution in [0.2, 0.25) is 0 Å². The zero-order valence-electron chi connectivity index (χ0n) is 16.5. The van der Waals surface area contributed by atoms with E-state index in [4.69, 9.17) is 10.3 Å². The molecule has 1 aromatic carbocycles. The summed E-state index contributed by atoms with van der Waals surface area (Å²) >= 11 is 0. The van der Waals surface area contributed by atoms with Gasteiger partial charge in [-0.1, -0.05) is 45.0 Å². The molecular weight excluding hydrogens is 364 g/mol. The first-order valence-corrected chi connectivity index (χ1v) is 9.12. The highest BCUT2D eigenvalue weighted by Crippen LogP contribution is 2.30. The summed E-state index contributed by atoms with van der Waals surface area (Å²) in [6.45, 7) is 10.6. The summed E-state index contributed by atoms with van der Waals surface area (Å²) in [5.74, 6) is 1.24. The average Bonchev–Trinajstić information content (AvgIpc) is 3.20. The zero-order valence-corrected chi connectivity index (χ0v) is 17.3. The molecule has 6 nitrogen and oxygen atoms in total. The van der Waals surface area contributed by atoms with Crippen LogP contribution < -0.4 is 5.73 Å². The second-order valence-corrected chi connectivity index (χ2v) is 8.82. The van der Waals surface area contributed by atoms with Crippen LogP contribution in [0.15, 0.2) is 28.8 Å². The lowest BCUT2D eigenvalue weighted by atomic mass is 9.90. The quantitative estimate of drug-likeness (QED) is 0.859. The minimum absolute atomic E-state index is 0. The Morgan fingerprint density at radius 3 is 2.52 bits per heavy atom. The highest BCUT2D eigenvalue weighted by Gasteiger charge is 2.35. The first-order valence-electron chi connectivity index (χ1n) is 9.12. The Morgan fingerprint density at radius 1 is 1.30 bits per heavy atom. The lowest BCUT2D eigenvalue weighted by Gasteiger charge is -2.22. The van der Waals surface area contributed by atoms with E-state index in [0.29, 0.717) is 30.4 Å². The summed E-state index contributed by atoms with van der Waals surface area (Å²) in [5.41, 5.74) is 7.48. The maximum atomic E-state index is 12.7. The van der Waals surface area contributed by atoms with Gasteiger partial charge in [-0.2, -0.15) is 4.98 Å². The fourth-order valence-corrected chi connectivity index (χ4v) is 3.21. The highest BCUT2D eigenvalue weighted by atomic mass is 35.5. The number of aromatic nitrogens is 2. The molecule has 7 heteroatoms. The van der Waals surface area contributed by atoms with E-state index in [0.717, 1.165) is 24.9 Å². The van der Waals surface area contributed by atoms with Gasteiger partial charge in [0.2, 0.25) is 11.7 Å². The zero-order chi connectivity index (χ0) is 18.9. The predicted octanol–water partition coefficient (Wildman–Crippen LogP) is 3.56. The minimum atomic E-state index is 0. The number of hydrogen-bond acceptors (Lipinski definition) is 5. The van der Waals surface area contributed by atoms with Crippen molar-refractivity contribution < 1.29 is 9.32 Å². The van der Waals surface area contributed by atoms with Crippen LogP contribution in [0.25, 0.3) is 11.4 Å². The van der Waals surface area contributed by atoms with Crippen LogP contribution in [-0.2, 0) is 6.42 Å². The third kappa shape index (κ3) is 5.08. The summed E-state index contributed by atoms with van der Waals surface area (Å²) in [4.78, 5) is 19.0. The molecule has 1 aliphatic heterocycles. The third-order valence-corrected chi connectivity index (χ3v) is 4.88. The Hall–Kier alpha value is -1.92. The SMILES string of the molecule is CC(C)(C)Cc1nc(-c2ccc(C(=O)N3CCC(C)(CN)C3)cc2)no1.Cl. The smallest absolute Gasteiger partial charge is 0.253 e. The number of nitrogens with zero attached hydrogens (tertiary/aromatic N) is 3. The fraction of sp³-hybridized carbons (Fsp3) is 0.550. The van der Waals surface area contributed by atoms with Gasteiger partial charge in [0.05, 0.1) is 0 Å². The molecular formula is C20H29ClN4O2.